The van der Waals surface area contributed by atoms with Crippen LogP contribution in [0.5, 0.6) is 11.8 Å². The van der Waals surface area contributed by atoms with E-state index in [-0.39, 0.29) is 17.8 Å². The van der Waals surface area contributed by atoms with Gasteiger partial charge in [-0.25, -0.2) is 9.97 Å². The van der Waals surface area contributed by atoms with Gasteiger partial charge in [-0.1, -0.05) is 0 Å². The van der Waals surface area contributed by atoms with E-state index in [0.29, 0.717) is 31.7 Å². The number of aromatic nitrogens is 2. The van der Waals surface area contributed by atoms with Crippen molar-refractivity contribution in [2.45, 2.75) is 25.2 Å². The largest absolute Gasteiger partial charge is 0.496 e. The van der Waals surface area contributed by atoms with Gasteiger partial charge in [0.15, 0.2) is 0 Å². The maximum Gasteiger partial charge on any atom is 0.316 e. The molecule has 0 atom stereocenters. The predicted molar refractivity (Wildman–Crippen MR) is 102 cm³/mol. The van der Waals surface area contributed by atoms with Crippen molar-refractivity contribution in [1.29, 1.82) is 0 Å². The normalized spacial score (nSPS) is 17.2. The first-order chi connectivity index (χ1) is 13.5. The summed E-state index contributed by atoms with van der Waals surface area (Å²) in [6, 6.07) is 4.12. The van der Waals surface area contributed by atoms with E-state index in [0.717, 1.165) is 22.4 Å². The van der Waals surface area contributed by atoms with Crippen LogP contribution in [-0.2, 0) is 15.0 Å². The lowest BCUT2D eigenvalue weighted by atomic mass is 9.73. The number of amides is 2. The summed E-state index contributed by atoms with van der Waals surface area (Å²) in [6.07, 6.45) is 4.51. The van der Waals surface area contributed by atoms with Gasteiger partial charge in [0.05, 0.1) is 19.6 Å². The molecule has 0 bridgehead atoms. The van der Waals surface area contributed by atoms with E-state index in [1.165, 1.54) is 7.11 Å². The lowest BCUT2D eigenvalue weighted by Crippen LogP contribution is -2.47. The first kappa shape index (κ1) is 18.2. The molecule has 3 heterocycles. The number of hydrogen-bond donors (Lipinski definition) is 1. The molecule has 2 aromatic rings. The molecule has 2 amide bonds. The van der Waals surface area contributed by atoms with Crippen LogP contribution >= 0.6 is 0 Å². The number of nitrogens with one attached hydrogen (secondary N) is 1. The van der Waals surface area contributed by atoms with Gasteiger partial charge in [-0.3, -0.25) is 9.59 Å². The molecule has 1 aromatic carbocycles. The third-order valence-corrected chi connectivity index (χ3v) is 5.72. The summed E-state index contributed by atoms with van der Waals surface area (Å²) in [5.74, 6) is 0.675. The van der Waals surface area contributed by atoms with Crippen LogP contribution in [0.3, 0.4) is 0 Å². The highest BCUT2D eigenvalue weighted by Crippen LogP contribution is 2.48. The second-order valence-electron chi connectivity index (χ2n) is 7.10. The summed E-state index contributed by atoms with van der Waals surface area (Å²) in [5.41, 5.74) is 2.64. The maximum atomic E-state index is 12.9. The molecule has 1 saturated heterocycles. The standard InChI is InChI=1S/C20H22N4O4/c1-12(25)24-6-4-20(5-7-24)15-9-17(27-2)14(8-16(15)23-18(20)26)13-10-21-19(28-3)22-11-13/h8-11H,4-7H2,1-3H3,(H,23,26). The fraction of sp³-hybridized carbons (Fsp3) is 0.400. The number of fused-ring (bicyclic) bond motifs is 2. The summed E-state index contributed by atoms with van der Waals surface area (Å²) < 4.78 is 10.6. The van der Waals surface area contributed by atoms with E-state index in [2.05, 4.69) is 15.3 Å². The van der Waals surface area contributed by atoms with Gasteiger partial charge in [-0.05, 0) is 30.5 Å². The lowest BCUT2D eigenvalue weighted by Gasteiger charge is -2.37. The fourth-order valence-electron chi connectivity index (χ4n) is 4.10. The van der Waals surface area contributed by atoms with Gasteiger partial charge in [-0.15, -0.1) is 0 Å². The zero-order valence-corrected chi connectivity index (χ0v) is 16.1. The molecule has 2 aliphatic heterocycles. The quantitative estimate of drug-likeness (QED) is 0.873. The summed E-state index contributed by atoms with van der Waals surface area (Å²) in [4.78, 5) is 34.7. The van der Waals surface area contributed by atoms with E-state index >= 15 is 0 Å². The van der Waals surface area contributed by atoms with E-state index < -0.39 is 5.41 Å². The van der Waals surface area contributed by atoms with Crippen molar-refractivity contribution in [1.82, 2.24) is 14.9 Å². The highest BCUT2D eigenvalue weighted by molar-refractivity contribution is 6.07. The molecule has 1 fully saturated rings. The lowest BCUT2D eigenvalue weighted by molar-refractivity contribution is -0.133. The van der Waals surface area contributed by atoms with Crippen LogP contribution in [0.1, 0.15) is 25.3 Å². The van der Waals surface area contributed by atoms with Crippen LogP contribution in [0, 0.1) is 0 Å². The van der Waals surface area contributed by atoms with Crippen molar-refractivity contribution in [2.75, 3.05) is 32.6 Å². The number of benzene rings is 1. The van der Waals surface area contributed by atoms with Crippen LogP contribution in [0.2, 0.25) is 0 Å². The monoisotopic (exact) mass is 382 g/mol. The zero-order chi connectivity index (χ0) is 19.9. The minimum atomic E-state index is -0.622. The van der Waals surface area contributed by atoms with Crippen molar-refractivity contribution in [2.24, 2.45) is 0 Å². The van der Waals surface area contributed by atoms with Gasteiger partial charge in [0.2, 0.25) is 11.8 Å². The molecule has 8 nitrogen and oxygen atoms in total. The zero-order valence-electron chi connectivity index (χ0n) is 16.1. The van der Waals surface area contributed by atoms with E-state index in [1.54, 1.807) is 31.3 Å². The number of nitrogens with zero attached hydrogens (tertiary/aromatic N) is 3. The molecule has 146 valence electrons. The Morgan fingerprint density at radius 3 is 2.39 bits per heavy atom. The molecular formula is C20H22N4O4. The number of methoxy groups -OCH3 is 2. The Hall–Kier alpha value is -3.16. The summed E-state index contributed by atoms with van der Waals surface area (Å²) in [6.45, 7) is 2.70. The highest BCUT2D eigenvalue weighted by Gasteiger charge is 2.49. The molecule has 28 heavy (non-hydrogen) atoms. The summed E-state index contributed by atoms with van der Waals surface area (Å²) >= 11 is 0. The highest BCUT2D eigenvalue weighted by atomic mass is 16.5. The number of likely N-dealkylation sites (tertiary alicyclic amines) is 1. The average Bonchev–Trinajstić information content (AvgIpc) is 2.98. The van der Waals surface area contributed by atoms with Crippen molar-refractivity contribution < 1.29 is 19.1 Å². The van der Waals surface area contributed by atoms with Crippen LogP contribution in [-0.4, -0.2) is 54.0 Å². The van der Waals surface area contributed by atoms with Gasteiger partial charge in [-0.2, -0.15) is 0 Å². The Labute approximate surface area is 162 Å². The number of hydrogen-bond acceptors (Lipinski definition) is 6. The number of anilines is 1. The van der Waals surface area contributed by atoms with Crippen molar-refractivity contribution in [3.63, 3.8) is 0 Å². The van der Waals surface area contributed by atoms with E-state index in [9.17, 15) is 9.59 Å². The van der Waals surface area contributed by atoms with Gasteiger partial charge < -0.3 is 19.7 Å². The Morgan fingerprint density at radius 1 is 1.14 bits per heavy atom. The Morgan fingerprint density at radius 2 is 1.82 bits per heavy atom. The minimum absolute atomic E-state index is 0.0177. The second kappa shape index (κ2) is 6.78. The molecule has 1 aromatic heterocycles. The predicted octanol–water partition coefficient (Wildman–Crippen LogP) is 1.99. The first-order valence-electron chi connectivity index (χ1n) is 9.14. The first-order valence-corrected chi connectivity index (χ1v) is 9.14. The maximum absolute atomic E-state index is 12.9. The summed E-state index contributed by atoms with van der Waals surface area (Å²) in [7, 11) is 3.11. The molecule has 0 aliphatic carbocycles. The Balaban J connectivity index is 1.74. The van der Waals surface area contributed by atoms with Crippen molar-refractivity contribution >= 4 is 17.5 Å². The molecule has 8 heteroatoms. The number of carbonyl (C=O) groups is 2. The minimum Gasteiger partial charge on any atom is -0.496 e. The fourth-order valence-corrected chi connectivity index (χ4v) is 4.10. The summed E-state index contributed by atoms with van der Waals surface area (Å²) in [5, 5.41) is 3.02. The van der Waals surface area contributed by atoms with Gasteiger partial charge in [0.1, 0.15) is 5.75 Å². The molecule has 1 N–H and O–H groups in total. The SMILES string of the molecule is COc1ncc(-c2cc3c(cc2OC)C2(CCN(C(C)=O)CC2)C(=O)N3)cn1. The van der Waals surface area contributed by atoms with Crippen molar-refractivity contribution in [3.05, 3.63) is 30.1 Å². The van der Waals surface area contributed by atoms with Crippen LogP contribution < -0.4 is 14.8 Å². The third kappa shape index (κ3) is 2.76. The molecule has 1 spiro atoms. The van der Waals surface area contributed by atoms with E-state index in [4.69, 9.17) is 9.47 Å². The molecule has 0 unspecified atom stereocenters. The van der Waals surface area contributed by atoms with Gasteiger partial charge in [0, 0.05) is 49.2 Å². The molecule has 2 aliphatic rings. The number of piperidine rings is 1. The molecule has 0 radical (unpaired) electrons. The number of rotatable bonds is 3. The molecule has 4 rings (SSSR count). The van der Waals surface area contributed by atoms with E-state index in [1.807, 2.05) is 12.1 Å². The molecular weight excluding hydrogens is 360 g/mol. The van der Waals surface area contributed by atoms with Crippen LogP contribution in [0.25, 0.3) is 11.1 Å². The van der Waals surface area contributed by atoms with Crippen molar-refractivity contribution in [3.8, 4) is 22.9 Å². The Kier molecular flexibility index (Phi) is 4.41. The second-order valence-corrected chi connectivity index (χ2v) is 7.10. The van der Waals surface area contributed by atoms with Crippen LogP contribution in [0.15, 0.2) is 24.5 Å². The third-order valence-electron chi connectivity index (χ3n) is 5.72. The van der Waals surface area contributed by atoms with Gasteiger partial charge >= 0.3 is 6.01 Å². The van der Waals surface area contributed by atoms with Gasteiger partial charge in [0.25, 0.3) is 0 Å². The number of carbonyl (C=O) groups excluding carboxylic acids is 2. The van der Waals surface area contributed by atoms with Crippen LogP contribution in [0.4, 0.5) is 5.69 Å². The topological polar surface area (TPSA) is 93.7 Å². The molecule has 0 saturated carbocycles. The average molecular weight is 382 g/mol. The smallest absolute Gasteiger partial charge is 0.316 e. The number of ether oxygens (including phenoxy) is 2. The Bertz CT molecular complexity index is 934.